The highest BCUT2D eigenvalue weighted by molar-refractivity contribution is 5.79. The lowest BCUT2D eigenvalue weighted by Crippen LogP contribution is -2.44. The van der Waals surface area contributed by atoms with Crippen LogP contribution in [0, 0.1) is 5.92 Å². The zero-order valence-corrected chi connectivity index (χ0v) is 9.71. The summed E-state index contributed by atoms with van der Waals surface area (Å²) in [5.41, 5.74) is 0. The molecule has 0 bridgehead atoms. The van der Waals surface area contributed by atoms with Gasteiger partial charge in [0.25, 0.3) is 0 Å². The molecule has 3 heteroatoms. The fourth-order valence-electron chi connectivity index (χ4n) is 1.90. The van der Waals surface area contributed by atoms with Gasteiger partial charge in [-0.3, -0.25) is 4.79 Å². The number of rotatable bonds is 2. The lowest BCUT2D eigenvalue weighted by Gasteiger charge is -2.32. The van der Waals surface area contributed by atoms with Crippen molar-refractivity contribution in [3.63, 3.8) is 0 Å². The fourth-order valence-corrected chi connectivity index (χ4v) is 1.90. The molecule has 0 aliphatic carbocycles. The lowest BCUT2D eigenvalue weighted by atomic mass is 9.92. The molecule has 0 aromatic carbocycles. The van der Waals surface area contributed by atoms with Crippen LogP contribution in [-0.4, -0.2) is 36.5 Å². The maximum Gasteiger partial charge on any atom is 0.225 e. The third kappa shape index (κ3) is 2.71. The maximum atomic E-state index is 12.0. The minimum absolute atomic E-state index is 0.235. The molecule has 0 aromatic heterocycles. The first kappa shape index (κ1) is 11.5. The molecule has 1 fully saturated rings. The Morgan fingerprint density at radius 1 is 1.50 bits per heavy atom. The number of piperidine rings is 1. The second-order valence-electron chi connectivity index (χ2n) is 4.62. The van der Waals surface area contributed by atoms with E-state index in [1.54, 1.807) is 0 Å². The van der Waals surface area contributed by atoms with E-state index >= 15 is 0 Å². The van der Waals surface area contributed by atoms with Gasteiger partial charge in [-0.1, -0.05) is 0 Å². The molecule has 0 saturated carbocycles. The second kappa shape index (κ2) is 4.78. The topological polar surface area (TPSA) is 32.3 Å². The highest BCUT2D eigenvalue weighted by Gasteiger charge is 2.27. The molecule has 0 aromatic rings. The molecule has 1 aliphatic rings. The Bertz CT molecular complexity index is 203. The molecule has 0 radical (unpaired) electrons. The monoisotopic (exact) mass is 198 g/mol. The van der Waals surface area contributed by atoms with E-state index in [1.807, 2.05) is 11.9 Å². The highest BCUT2D eigenvalue weighted by atomic mass is 16.2. The van der Waals surface area contributed by atoms with Crippen LogP contribution in [0.2, 0.25) is 0 Å². The molecule has 2 unspecified atom stereocenters. The van der Waals surface area contributed by atoms with Gasteiger partial charge < -0.3 is 10.2 Å². The molecular formula is C11H22N2O. The summed E-state index contributed by atoms with van der Waals surface area (Å²) in [6.07, 6.45) is 1.97. The van der Waals surface area contributed by atoms with Gasteiger partial charge in [0.15, 0.2) is 0 Å². The van der Waals surface area contributed by atoms with E-state index in [-0.39, 0.29) is 5.92 Å². The van der Waals surface area contributed by atoms with E-state index in [1.165, 1.54) is 0 Å². The first-order valence-electron chi connectivity index (χ1n) is 5.52. The van der Waals surface area contributed by atoms with Crippen molar-refractivity contribution >= 4 is 5.91 Å². The molecule has 1 amide bonds. The molecule has 1 rings (SSSR count). The number of hydrogen-bond donors (Lipinski definition) is 1. The van der Waals surface area contributed by atoms with Crippen molar-refractivity contribution in [2.75, 3.05) is 13.6 Å². The second-order valence-corrected chi connectivity index (χ2v) is 4.62. The van der Waals surface area contributed by atoms with Crippen LogP contribution in [0.4, 0.5) is 0 Å². The summed E-state index contributed by atoms with van der Waals surface area (Å²) in [6.45, 7) is 7.24. The van der Waals surface area contributed by atoms with Gasteiger partial charge >= 0.3 is 0 Å². The van der Waals surface area contributed by atoms with Gasteiger partial charge in [-0.05, 0) is 40.2 Å². The average Bonchev–Trinajstić information content (AvgIpc) is 2.15. The van der Waals surface area contributed by atoms with E-state index in [2.05, 4.69) is 26.1 Å². The van der Waals surface area contributed by atoms with Crippen molar-refractivity contribution in [3.8, 4) is 0 Å². The minimum atomic E-state index is 0.235. The van der Waals surface area contributed by atoms with E-state index in [9.17, 15) is 4.79 Å². The summed E-state index contributed by atoms with van der Waals surface area (Å²) in [6, 6.07) is 0.797. The first-order valence-corrected chi connectivity index (χ1v) is 5.52. The predicted molar refractivity (Wildman–Crippen MR) is 58.1 cm³/mol. The van der Waals surface area contributed by atoms with Crippen LogP contribution in [0.1, 0.15) is 33.6 Å². The maximum absolute atomic E-state index is 12.0. The van der Waals surface area contributed by atoms with Crippen molar-refractivity contribution in [3.05, 3.63) is 0 Å². The van der Waals surface area contributed by atoms with Gasteiger partial charge in [-0.25, -0.2) is 0 Å². The normalized spacial score (nSPS) is 27.8. The van der Waals surface area contributed by atoms with Crippen LogP contribution < -0.4 is 5.32 Å². The van der Waals surface area contributed by atoms with Gasteiger partial charge in [-0.15, -0.1) is 0 Å². The number of hydrogen-bond acceptors (Lipinski definition) is 2. The predicted octanol–water partition coefficient (Wildman–Crippen LogP) is 1.24. The van der Waals surface area contributed by atoms with Gasteiger partial charge in [0.05, 0.1) is 0 Å². The van der Waals surface area contributed by atoms with Crippen molar-refractivity contribution in [2.24, 2.45) is 5.92 Å². The van der Waals surface area contributed by atoms with Crippen molar-refractivity contribution in [1.82, 2.24) is 10.2 Å². The average molecular weight is 198 g/mol. The largest absolute Gasteiger partial charge is 0.343 e. The van der Waals surface area contributed by atoms with Crippen molar-refractivity contribution in [2.45, 2.75) is 45.7 Å². The van der Waals surface area contributed by atoms with Crippen LogP contribution in [0.5, 0.6) is 0 Å². The van der Waals surface area contributed by atoms with Crippen LogP contribution in [0.15, 0.2) is 0 Å². The standard InChI is InChI=1S/C11H22N2O/c1-8(2)13(4)11(14)10-5-6-12-9(3)7-10/h8-10,12H,5-7H2,1-4H3. The van der Waals surface area contributed by atoms with E-state index in [0.29, 0.717) is 18.0 Å². The summed E-state index contributed by atoms with van der Waals surface area (Å²) in [4.78, 5) is 13.8. The van der Waals surface area contributed by atoms with E-state index in [4.69, 9.17) is 0 Å². The molecule has 1 N–H and O–H groups in total. The van der Waals surface area contributed by atoms with Crippen LogP contribution in [0.3, 0.4) is 0 Å². The molecule has 3 nitrogen and oxygen atoms in total. The highest BCUT2D eigenvalue weighted by Crippen LogP contribution is 2.18. The van der Waals surface area contributed by atoms with Crippen LogP contribution in [-0.2, 0) is 4.79 Å². The van der Waals surface area contributed by atoms with Gasteiger partial charge in [-0.2, -0.15) is 0 Å². The number of nitrogens with zero attached hydrogens (tertiary/aromatic N) is 1. The lowest BCUT2D eigenvalue weighted by molar-refractivity contribution is -0.136. The minimum Gasteiger partial charge on any atom is -0.343 e. The fraction of sp³-hybridized carbons (Fsp3) is 0.909. The number of carbonyl (C=O) groups excluding carboxylic acids is 1. The molecule has 1 heterocycles. The summed E-state index contributed by atoms with van der Waals surface area (Å²) in [5.74, 6) is 0.548. The Morgan fingerprint density at radius 3 is 2.64 bits per heavy atom. The molecule has 14 heavy (non-hydrogen) atoms. The molecule has 82 valence electrons. The molecule has 1 saturated heterocycles. The van der Waals surface area contributed by atoms with Gasteiger partial charge in [0.1, 0.15) is 0 Å². The number of carbonyl (C=O) groups is 1. The quantitative estimate of drug-likeness (QED) is 0.724. The molecular weight excluding hydrogens is 176 g/mol. The Labute approximate surface area is 86.9 Å². The van der Waals surface area contributed by atoms with Gasteiger partial charge in [0.2, 0.25) is 5.91 Å². The number of nitrogens with one attached hydrogen (secondary N) is 1. The summed E-state index contributed by atoms with van der Waals surface area (Å²) >= 11 is 0. The smallest absolute Gasteiger partial charge is 0.225 e. The van der Waals surface area contributed by atoms with E-state index in [0.717, 1.165) is 19.4 Å². The zero-order valence-electron chi connectivity index (χ0n) is 9.71. The van der Waals surface area contributed by atoms with Crippen LogP contribution in [0.25, 0.3) is 0 Å². The summed E-state index contributed by atoms with van der Waals surface area (Å²) in [7, 11) is 1.90. The van der Waals surface area contributed by atoms with E-state index < -0.39 is 0 Å². The van der Waals surface area contributed by atoms with Crippen LogP contribution >= 0.6 is 0 Å². The van der Waals surface area contributed by atoms with Crippen molar-refractivity contribution < 1.29 is 4.79 Å². The SMILES string of the molecule is CC1CC(C(=O)N(C)C(C)C)CCN1. The third-order valence-corrected chi connectivity index (χ3v) is 3.10. The Balaban J connectivity index is 2.51. The molecule has 1 aliphatic heterocycles. The Morgan fingerprint density at radius 2 is 2.14 bits per heavy atom. The third-order valence-electron chi connectivity index (χ3n) is 3.10. The first-order chi connectivity index (χ1) is 6.52. The van der Waals surface area contributed by atoms with Crippen molar-refractivity contribution in [1.29, 1.82) is 0 Å². The summed E-state index contributed by atoms with van der Waals surface area (Å²) < 4.78 is 0. The molecule has 0 spiro atoms. The Kier molecular flexibility index (Phi) is 3.93. The summed E-state index contributed by atoms with van der Waals surface area (Å²) in [5, 5.41) is 3.36. The number of amides is 1. The van der Waals surface area contributed by atoms with Gasteiger partial charge in [0, 0.05) is 25.0 Å². The molecule has 2 atom stereocenters. The Hall–Kier alpha value is -0.570. The zero-order chi connectivity index (χ0) is 10.7.